The van der Waals surface area contributed by atoms with Gasteiger partial charge in [0.15, 0.2) is 0 Å². The van der Waals surface area contributed by atoms with Crippen molar-refractivity contribution >= 4 is 12.6 Å². The molecular weight excluding hydrogens is 236 g/mol. The Morgan fingerprint density at radius 3 is 1.94 bits per heavy atom. The van der Waals surface area contributed by atoms with E-state index in [-0.39, 0.29) is 0 Å². The Morgan fingerprint density at radius 2 is 1.50 bits per heavy atom. The van der Waals surface area contributed by atoms with Gasteiger partial charge in [0.25, 0.3) is 0 Å². The summed E-state index contributed by atoms with van der Waals surface area (Å²) >= 11 is 4.66. The molecule has 0 heterocycles. The largest absolute Gasteiger partial charge is 0.176 e. The fourth-order valence-electron chi connectivity index (χ4n) is 3.32. The fraction of sp³-hybridized carbons (Fsp3) is 1.00. The lowest BCUT2D eigenvalue weighted by atomic mass is 9.70. The van der Waals surface area contributed by atoms with Crippen LogP contribution in [0.1, 0.15) is 79.6 Å². The monoisotopic (exact) mass is 270 g/mol. The van der Waals surface area contributed by atoms with E-state index < -0.39 is 0 Å². The van der Waals surface area contributed by atoms with Gasteiger partial charge in [-0.15, -0.1) is 0 Å². The van der Waals surface area contributed by atoms with Gasteiger partial charge in [0, 0.05) is 5.25 Å². The minimum absolute atomic E-state index is 0.494. The van der Waals surface area contributed by atoms with Crippen LogP contribution in [0.2, 0.25) is 0 Å². The van der Waals surface area contributed by atoms with Crippen molar-refractivity contribution in [3.05, 3.63) is 0 Å². The lowest BCUT2D eigenvalue weighted by Gasteiger charge is -2.36. The number of rotatable bonds is 4. The Hall–Kier alpha value is 0.350. The van der Waals surface area contributed by atoms with Gasteiger partial charge in [0.05, 0.1) is 0 Å². The Morgan fingerprint density at radius 1 is 1.00 bits per heavy atom. The quantitative estimate of drug-likeness (QED) is 0.598. The lowest BCUT2D eigenvalue weighted by molar-refractivity contribution is 0.149. The highest BCUT2D eigenvalue weighted by Gasteiger charge is 2.28. The molecule has 1 atom stereocenters. The van der Waals surface area contributed by atoms with E-state index in [1.54, 1.807) is 0 Å². The highest BCUT2D eigenvalue weighted by Crippen LogP contribution is 2.39. The van der Waals surface area contributed by atoms with Gasteiger partial charge >= 0.3 is 0 Å². The van der Waals surface area contributed by atoms with E-state index in [9.17, 15) is 0 Å². The summed E-state index contributed by atoms with van der Waals surface area (Å²) in [6, 6.07) is 0. The van der Waals surface area contributed by atoms with Crippen LogP contribution in [0.25, 0.3) is 0 Å². The first-order valence-corrected chi connectivity index (χ1v) is 8.52. The molecule has 1 rings (SSSR count). The number of thiol groups is 1. The lowest BCUT2D eigenvalue weighted by Crippen LogP contribution is -2.26. The van der Waals surface area contributed by atoms with Crippen molar-refractivity contribution in [1.29, 1.82) is 0 Å². The van der Waals surface area contributed by atoms with Crippen molar-refractivity contribution < 1.29 is 0 Å². The molecule has 0 aromatic rings. The first-order chi connectivity index (χ1) is 8.33. The van der Waals surface area contributed by atoms with E-state index in [1.807, 2.05) is 0 Å². The van der Waals surface area contributed by atoms with Crippen LogP contribution in [0, 0.1) is 23.2 Å². The Balaban J connectivity index is 2.47. The summed E-state index contributed by atoms with van der Waals surface area (Å²) in [5.41, 5.74) is 0.494. The Kier molecular flexibility index (Phi) is 6.58. The highest BCUT2D eigenvalue weighted by molar-refractivity contribution is 7.80. The summed E-state index contributed by atoms with van der Waals surface area (Å²) in [5.74, 6) is 2.64. The molecule has 108 valence electrons. The van der Waals surface area contributed by atoms with Crippen LogP contribution < -0.4 is 0 Å². The van der Waals surface area contributed by atoms with Crippen LogP contribution in [-0.2, 0) is 0 Å². The molecule has 0 aromatic carbocycles. The van der Waals surface area contributed by atoms with Gasteiger partial charge in [0.1, 0.15) is 0 Å². The molecule has 1 unspecified atom stereocenters. The predicted molar refractivity (Wildman–Crippen MR) is 86.4 cm³/mol. The second kappa shape index (κ2) is 7.22. The van der Waals surface area contributed by atoms with Gasteiger partial charge in [-0.05, 0) is 42.4 Å². The molecule has 1 saturated carbocycles. The van der Waals surface area contributed by atoms with E-state index in [1.165, 1.54) is 44.9 Å². The third-order valence-electron chi connectivity index (χ3n) is 5.44. The molecule has 0 amide bonds. The molecule has 0 saturated heterocycles. The zero-order valence-electron chi connectivity index (χ0n) is 13.2. The van der Waals surface area contributed by atoms with E-state index >= 15 is 0 Å². The van der Waals surface area contributed by atoms with Gasteiger partial charge < -0.3 is 0 Å². The molecule has 0 aromatic heterocycles. The van der Waals surface area contributed by atoms with Gasteiger partial charge in [-0.1, -0.05) is 60.3 Å². The summed E-state index contributed by atoms with van der Waals surface area (Å²) in [5, 5.41) is 0.674. The SMILES string of the molecule is CC(CC(C)(C)C(C)C)C1CCCC(S)CCC1. The van der Waals surface area contributed by atoms with Gasteiger partial charge in [-0.3, -0.25) is 0 Å². The number of hydrogen-bond donors (Lipinski definition) is 1. The van der Waals surface area contributed by atoms with Crippen molar-refractivity contribution in [2.24, 2.45) is 23.2 Å². The topological polar surface area (TPSA) is 0 Å². The van der Waals surface area contributed by atoms with Crippen LogP contribution in [0.5, 0.6) is 0 Å². The molecule has 1 fully saturated rings. The van der Waals surface area contributed by atoms with Crippen molar-refractivity contribution in [1.82, 2.24) is 0 Å². The van der Waals surface area contributed by atoms with Gasteiger partial charge in [-0.25, -0.2) is 0 Å². The first kappa shape index (κ1) is 16.4. The van der Waals surface area contributed by atoms with Crippen molar-refractivity contribution in [2.75, 3.05) is 0 Å². The second-order valence-corrected chi connectivity index (χ2v) is 8.33. The summed E-state index contributed by atoms with van der Waals surface area (Å²) in [7, 11) is 0. The molecule has 0 N–H and O–H groups in total. The zero-order valence-corrected chi connectivity index (χ0v) is 14.1. The second-order valence-electron chi connectivity index (χ2n) is 7.60. The predicted octanol–water partition coefficient (Wildman–Crippen LogP) is 5.96. The molecule has 1 aliphatic carbocycles. The number of hydrogen-bond acceptors (Lipinski definition) is 1. The molecular formula is C17H34S. The van der Waals surface area contributed by atoms with Gasteiger partial charge in [0.2, 0.25) is 0 Å². The van der Waals surface area contributed by atoms with Crippen LogP contribution >= 0.6 is 12.6 Å². The zero-order chi connectivity index (χ0) is 13.8. The summed E-state index contributed by atoms with van der Waals surface area (Å²) in [6.07, 6.45) is 9.72. The minimum atomic E-state index is 0.494. The van der Waals surface area contributed by atoms with E-state index in [4.69, 9.17) is 0 Å². The van der Waals surface area contributed by atoms with Crippen molar-refractivity contribution in [3.8, 4) is 0 Å². The summed E-state index contributed by atoms with van der Waals surface area (Å²) < 4.78 is 0. The third-order valence-corrected chi connectivity index (χ3v) is 5.96. The molecule has 1 heteroatoms. The van der Waals surface area contributed by atoms with Crippen molar-refractivity contribution in [3.63, 3.8) is 0 Å². The standard InChI is InChI=1S/C17H34S/c1-13(2)17(4,5)12-14(3)15-8-6-10-16(18)11-7-9-15/h13-16,18H,6-12H2,1-5H3. The first-order valence-electron chi connectivity index (χ1n) is 8.01. The normalized spacial score (nSPS) is 28.8. The maximum Gasteiger partial charge on any atom is 0.00168 e. The minimum Gasteiger partial charge on any atom is -0.176 e. The van der Waals surface area contributed by atoms with E-state index in [2.05, 4.69) is 47.2 Å². The van der Waals surface area contributed by atoms with E-state index in [0.717, 1.165) is 17.8 Å². The van der Waals surface area contributed by atoms with Gasteiger partial charge in [-0.2, -0.15) is 12.6 Å². The fourth-order valence-corrected chi connectivity index (χ4v) is 3.69. The third kappa shape index (κ3) is 5.15. The molecule has 0 aliphatic heterocycles. The molecule has 0 radical (unpaired) electrons. The smallest absolute Gasteiger partial charge is 0.00168 e. The maximum absolute atomic E-state index is 4.66. The summed E-state index contributed by atoms with van der Waals surface area (Å²) in [4.78, 5) is 0. The summed E-state index contributed by atoms with van der Waals surface area (Å²) in [6.45, 7) is 12.1. The average molecular weight is 271 g/mol. The Bertz CT molecular complexity index is 222. The highest BCUT2D eigenvalue weighted by atomic mass is 32.1. The molecule has 1 aliphatic rings. The molecule has 0 nitrogen and oxygen atoms in total. The molecule has 18 heavy (non-hydrogen) atoms. The van der Waals surface area contributed by atoms with E-state index in [0.29, 0.717) is 10.7 Å². The van der Waals surface area contributed by atoms with Crippen LogP contribution in [0.3, 0.4) is 0 Å². The van der Waals surface area contributed by atoms with Crippen LogP contribution in [0.15, 0.2) is 0 Å². The maximum atomic E-state index is 4.66. The van der Waals surface area contributed by atoms with Crippen molar-refractivity contribution in [2.45, 2.75) is 84.8 Å². The van der Waals surface area contributed by atoms with Crippen LogP contribution in [0.4, 0.5) is 0 Å². The molecule has 0 spiro atoms. The average Bonchev–Trinajstić information content (AvgIpc) is 2.22. The Labute approximate surface area is 121 Å². The van der Waals surface area contributed by atoms with Crippen LogP contribution in [-0.4, -0.2) is 5.25 Å². The molecule has 0 bridgehead atoms.